The molecule has 0 fully saturated rings. The molecule has 3 unspecified atom stereocenters. The fourth-order valence-electron chi connectivity index (χ4n) is 5.53. The molecule has 0 bridgehead atoms. The number of carbonyl (C=O) groups is 1. The van der Waals surface area contributed by atoms with Gasteiger partial charge in [-0.05, 0) is 57.3 Å². The van der Waals surface area contributed by atoms with Gasteiger partial charge in [0.15, 0.2) is 11.5 Å². The van der Waals surface area contributed by atoms with Gasteiger partial charge in [-0.2, -0.15) is 0 Å². The van der Waals surface area contributed by atoms with E-state index in [1.807, 2.05) is 6.92 Å². The van der Waals surface area contributed by atoms with Crippen LogP contribution in [0.3, 0.4) is 0 Å². The van der Waals surface area contributed by atoms with Crippen molar-refractivity contribution in [3.8, 4) is 23.0 Å². The Balaban J connectivity index is 1.91. The van der Waals surface area contributed by atoms with Gasteiger partial charge in [0, 0.05) is 18.1 Å². The number of esters is 1. The predicted octanol–water partition coefficient (Wildman–Crippen LogP) is 8.46. The van der Waals surface area contributed by atoms with Gasteiger partial charge in [0.25, 0.3) is 0 Å². The third-order valence-corrected chi connectivity index (χ3v) is 7.87. The summed E-state index contributed by atoms with van der Waals surface area (Å²) in [6.07, 6.45) is 13.3. The Kier molecular flexibility index (Phi) is 11.9. The van der Waals surface area contributed by atoms with Crippen LogP contribution in [-0.2, 0) is 11.2 Å². The number of methoxy groups -OCH3 is 2. The lowest BCUT2D eigenvalue weighted by Crippen LogP contribution is -2.37. The molecule has 206 valence electrons. The van der Waals surface area contributed by atoms with Gasteiger partial charge in [0.1, 0.15) is 5.60 Å². The van der Waals surface area contributed by atoms with Crippen molar-refractivity contribution in [3.63, 3.8) is 0 Å². The van der Waals surface area contributed by atoms with E-state index >= 15 is 0 Å². The van der Waals surface area contributed by atoms with Crippen LogP contribution in [0.15, 0.2) is 0 Å². The Bertz CT molecular complexity index is 846. The molecule has 5 nitrogen and oxygen atoms in total. The number of rotatable bonds is 15. The molecule has 0 spiro atoms. The van der Waals surface area contributed by atoms with Gasteiger partial charge in [0.05, 0.1) is 14.2 Å². The average Bonchev–Trinajstić information content (AvgIpc) is 2.80. The van der Waals surface area contributed by atoms with E-state index in [-0.39, 0.29) is 11.6 Å². The molecule has 0 radical (unpaired) electrons. The van der Waals surface area contributed by atoms with Crippen LogP contribution in [0.4, 0.5) is 0 Å². The molecule has 2 rings (SSSR count). The first-order valence-electron chi connectivity index (χ1n) is 14.2. The van der Waals surface area contributed by atoms with Crippen molar-refractivity contribution in [1.82, 2.24) is 0 Å². The van der Waals surface area contributed by atoms with Gasteiger partial charge >= 0.3 is 5.97 Å². The van der Waals surface area contributed by atoms with Crippen LogP contribution >= 0.6 is 0 Å². The molecule has 0 saturated carbocycles. The highest BCUT2D eigenvalue weighted by atomic mass is 16.6. The smallest absolute Gasteiger partial charge is 0.308 e. The molecule has 5 heteroatoms. The first kappa shape index (κ1) is 30.3. The predicted molar refractivity (Wildman–Crippen MR) is 148 cm³/mol. The van der Waals surface area contributed by atoms with E-state index in [4.69, 9.17) is 18.9 Å². The molecule has 0 aromatic heterocycles. The summed E-state index contributed by atoms with van der Waals surface area (Å²) in [5, 5.41) is 0. The van der Waals surface area contributed by atoms with Gasteiger partial charge < -0.3 is 18.9 Å². The quantitative estimate of drug-likeness (QED) is 0.177. The Morgan fingerprint density at radius 2 is 1.44 bits per heavy atom. The van der Waals surface area contributed by atoms with E-state index in [1.165, 1.54) is 51.9 Å². The van der Waals surface area contributed by atoms with Crippen molar-refractivity contribution >= 4 is 5.97 Å². The molecule has 1 heterocycles. The summed E-state index contributed by atoms with van der Waals surface area (Å²) >= 11 is 0. The third-order valence-electron chi connectivity index (χ3n) is 7.87. The van der Waals surface area contributed by atoms with Crippen LogP contribution in [0.5, 0.6) is 23.0 Å². The van der Waals surface area contributed by atoms with Crippen molar-refractivity contribution in [3.05, 3.63) is 11.1 Å². The third kappa shape index (κ3) is 8.59. The fourth-order valence-corrected chi connectivity index (χ4v) is 5.53. The zero-order valence-electron chi connectivity index (χ0n) is 24.6. The zero-order valence-corrected chi connectivity index (χ0v) is 24.6. The molecular formula is C31H52O5. The van der Waals surface area contributed by atoms with Gasteiger partial charge in [-0.15, -0.1) is 0 Å². The van der Waals surface area contributed by atoms with Crippen molar-refractivity contribution in [2.24, 2.45) is 17.8 Å². The Morgan fingerprint density at radius 3 is 1.97 bits per heavy atom. The Hall–Kier alpha value is -1.91. The van der Waals surface area contributed by atoms with Gasteiger partial charge in [-0.1, -0.05) is 72.6 Å². The van der Waals surface area contributed by atoms with E-state index in [1.54, 1.807) is 14.2 Å². The second-order valence-electron chi connectivity index (χ2n) is 11.8. The first-order valence-corrected chi connectivity index (χ1v) is 14.2. The lowest BCUT2D eigenvalue weighted by atomic mass is 9.85. The van der Waals surface area contributed by atoms with E-state index in [9.17, 15) is 4.79 Å². The molecule has 1 aromatic carbocycles. The number of fused-ring (bicyclic) bond motifs is 1. The van der Waals surface area contributed by atoms with E-state index in [0.717, 1.165) is 60.3 Å². The zero-order chi connectivity index (χ0) is 26.9. The monoisotopic (exact) mass is 504 g/mol. The number of benzene rings is 1. The van der Waals surface area contributed by atoms with Crippen LogP contribution in [0.25, 0.3) is 0 Å². The van der Waals surface area contributed by atoms with Crippen molar-refractivity contribution in [1.29, 1.82) is 0 Å². The summed E-state index contributed by atoms with van der Waals surface area (Å²) < 4.78 is 23.4. The molecule has 1 aliphatic rings. The summed E-state index contributed by atoms with van der Waals surface area (Å²) in [6, 6.07) is 0. The highest BCUT2D eigenvalue weighted by molar-refractivity contribution is 5.75. The van der Waals surface area contributed by atoms with Gasteiger partial charge in [-0.3, -0.25) is 4.79 Å². The maximum absolute atomic E-state index is 11.7. The molecule has 0 aliphatic carbocycles. The maximum atomic E-state index is 11.7. The minimum Gasteiger partial charge on any atom is -0.490 e. The van der Waals surface area contributed by atoms with Crippen molar-refractivity contribution in [2.45, 2.75) is 125 Å². The Morgan fingerprint density at radius 1 is 0.889 bits per heavy atom. The molecule has 0 N–H and O–H groups in total. The first-order chi connectivity index (χ1) is 17.0. The number of ether oxygens (including phenoxy) is 4. The highest BCUT2D eigenvalue weighted by Gasteiger charge is 2.37. The fraction of sp³-hybridized carbons (Fsp3) is 0.774. The lowest BCUT2D eigenvalue weighted by molar-refractivity contribution is -0.132. The van der Waals surface area contributed by atoms with E-state index < -0.39 is 0 Å². The van der Waals surface area contributed by atoms with Crippen LogP contribution in [0.2, 0.25) is 0 Å². The molecule has 0 amide bonds. The molecule has 36 heavy (non-hydrogen) atoms. The molecular weight excluding hydrogens is 452 g/mol. The highest BCUT2D eigenvalue weighted by Crippen LogP contribution is 2.53. The molecule has 1 aliphatic heterocycles. The summed E-state index contributed by atoms with van der Waals surface area (Å²) in [6.45, 7) is 15.0. The second kappa shape index (κ2) is 14.1. The van der Waals surface area contributed by atoms with Crippen molar-refractivity contribution in [2.75, 3.05) is 14.2 Å². The lowest BCUT2D eigenvalue weighted by Gasteiger charge is -2.38. The minimum absolute atomic E-state index is 0.245. The summed E-state index contributed by atoms with van der Waals surface area (Å²) in [4.78, 5) is 11.7. The maximum Gasteiger partial charge on any atom is 0.308 e. The van der Waals surface area contributed by atoms with Crippen LogP contribution in [0, 0.1) is 24.7 Å². The van der Waals surface area contributed by atoms with Gasteiger partial charge in [-0.25, -0.2) is 0 Å². The van der Waals surface area contributed by atoms with Crippen LogP contribution < -0.4 is 18.9 Å². The second-order valence-corrected chi connectivity index (χ2v) is 11.8. The average molecular weight is 505 g/mol. The number of hydrogen-bond donors (Lipinski definition) is 0. The van der Waals surface area contributed by atoms with Gasteiger partial charge in [0.2, 0.25) is 11.5 Å². The van der Waals surface area contributed by atoms with E-state index in [0.29, 0.717) is 17.2 Å². The molecule has 3 atom stereocenters. The SMILES string of the molecule is COc1c(OC(C)=O)c(C)c2c(c1OC)OC(C)(CCCC(C)CCCC(C)CCCC(C)C)CC2. The topological polar surface area (TPSA) is 54.0 Å². The van der Waals surface area contributed by atoms with E-state index in [2.05, 4.69) is 34.6 Å². The largest absolute Gasteiger partial charge is 0.490 e. The number of hydrogen-bond acceptors (Lipinski definition) is 5. The molecule has 1 aromatic rings. The van der Waals surface area contributed by atoms with Crippen LogP contribution in [-0.4, -0.2) is 25.8 Å². The minimum atomic E-state index is -0.380. The summed E-state index contributed by atoms with van der Waals surface area (Å²) in [7, 11) is 3.17. The van der Waals surface area contributed by atoms with Crippen LogP contribution in [0.1, 0.15) is 117 Å². The summed E-state index contributed by atoms with van der Waals surface area (Å²) in [5.74, 6) is 4.13. The molecule has 0 saturated heterocycles. The summed E-state index contributed by atoms with van der Waals surface area (Å²) in [5.41, 5.74) is 1.68. The van der Waals surface area contributed by atoms with Crippen molar-refractivity contribution < 1.29 is 23.7 Å². The number of carbonyl (C=O) groups excluding carboxylic acids is 1. The Labute approximate surface area is 220 Å². The normalized spacial score (nSPS) is 18.8. The standard InChI is InChI=1S/C31H52O5/c1-21(2)13-10-14-22(3)15-11-16-23(4)17-12-19-31(7)20-18-26-24(5)27(35-25(6)32)29(33-8)30(34-9)28(26)36-31/h21-23H,10-20H2,1-9H3.